The van der Waals surface area contributed by atoms with Crippen LogP contribution in [0.3, 0.4) is 0 Å². The Balaban J connectivity index is 0.644. The first kappa shape index (κ1) is 77.2. The molecule has 4 aliphatic rings. The van der Waals surface area contributed by atoms with Gasteiger partial charge in [0.05, 0.1) is 32.8 Å². The summed E-state index contributed by atoms with van der Waals surface area (Å²) in [5.74, 6) is -2.05. The van der Waals surface area contributed by atoms with E-state index in [1.54, 1.807) is 29.0 Å². The molecule has 3 aliphatic heterocycles. The number of sulfonamides is 1. The Morgan fingerprint density at radius 2 is 1.40 bits per heavy atom. The first-order chi connectivity index (χ1) is 47.4. The lowest BCUT2D eigenvalue weighted by atomic mass is 9.73. The van der Waals surface area contributed by atoms with Crippen LogP contribution in [0.2, 0.25) is 5.02 Å². The molecule has 3 atom stereocenters. The van der Waals surface area contributed by atoms with E-state index in [0.29, 0.717) is 76.2 Å². The number of hydrogen-bond donors (Lipinski definition) is 5. The van der Waals surface area contributed by atoms with Crippen molar-refractivity contribution < 1.29 is 59.1 Å². The number of carbonyl (C=O) groups is 5. The zero-order valence-electron chi connectivity index (χ0n) is 58.1. The number of benzene rings is 4. The number of carbonyl (C=O) groups excluding carboxylic acids is 5. The van der Waals surface area contributed by atoms with Crippen LogP contribution >= 0.6 is 22.9 Å². The molecule has 20 nitrogen and oxygen atoms in total. The Labute approximate surface area is 595 Å². The highest BCUT2D eigenvalue weighted by atomic mass is 35.5. The largest absolute Gasteiger partial charge is 0.501 e. The molecule has 100 heavy (non-hydrogen) atoms. The minimum atomic E-state index is -6.07. The van der Waals surface area contributed by atoms with Crippen LogP contribution in [-0.2, 0) is 45.6 Å². The molecule has 4 aromatic carbocycles. The van der Waals surface area contributed by atoms with Crippen molar-refractivity contribution in [1.82, 2.24) is 39.9 Å². The van der Waals surface area contributed by atoms with Crippen LogP contribution in [-0.4, -0.2) is 178 Å². The number of piperazine rings is 2. The topological polar surface area (TPSA) is 251 Å². The van der Waals surface area contributed by atoms with Crippen molar-refractivity contribution in [1.29, 1.82) is 0 Å². The van der Waals surface area contributed by atoms with Crippen LogP contribution in [0, 0.1) is 17.8 Å². The molecule has 3 fully saturated rings. The van der Waals surface area contributed by atoms with Crippen LogP contribution in [0.1, 0.15) is 152 Å². The Kier molecular flexibility index (Phi) is 26.2. The molecule has 0 bridgehead atoms. The Hall–Kier alpha value is -6.94. The quantitative estimate of drug-likeness (QED) is 0.0279. The minimum Gasteiger partial charge on any atom is -0.391 e. The Bertz CT molecular complexity index is 3930. The summed E-state index contributed by atoms with van der Waals surface area (Å²) < 4.78 is 97.3. The molecule has 544 valence electrons. The van der Waals surface area contributed by atoms with Gasteiger partial charge in [-0.25, -0.2) is 26.5 Å². The number of sulfone groups is 1. The number of aryl methyl sites for hydroxylation is 1. The molecule has 4 heterocycles. The van der Waals surface area contributed by atoms with Crippen molar-refractivity contribution in [2.45, 2.75) is 171 Å². The number of hydrogen-bond acceptors (Lipinski definition) is 16. The molecule has 3 saturated heterocycles. The number of alkyl halides is 3. The molecule has 5 N–H and O–H groups in total. The second-order valence-electron chi connectivity index (χ2n) is 28.7. The number of amides is 5. The minimum absolute atomic E-state index is 0.0156. The van der Waals surface area contributed by atoms with Crippen molar-refractivity contribution in [3.63, 3.8) is 0 Å². The number of nitrogens with zero attached hydrogens (tertiary/aromatic N) is 6. The summed E-state index contributed by atoms with van der Waals surface area (Å²) in [6.07, 6.45) is 9.09. The molecule has 9 rings (SSSR count). The summed E-state index contributed by atoms with van der Waals surface area (Å²) in [4.78, 5) is 80.6. The van der Waals surface area contributed by atoms with Gasteiger partial charge < -0.3 is 35.8 Å². The lowest BCUT2D eigenvalue weighted by molar-refractivity contribution is -0.144. The number of aromatic nitrogens is 1. The number of aliphatic hydroxyl groups excluding tert-OH is 1. The standard InChI is InChI=1S/C73H96ClF3N10O10S3/c1-50-66(98-49-80-50)53-19-17-51(18-20-53)46-79-69(92)62-43-58(88)48-87(62)70(93)67(71(2,3)4)81-64(89)15-12-10-8-7-9-11-13-16-65(90)86-41-35-83(36-42-86)34-14-33-78-61-30-29-59(44-63(61)99(94,95)73(75,76)77)100(96,97)82-68(91)54-23-27-57(28-24-54)85-39-37-84(38-40-85)47-55-45-72(5,6)32-31-60(55)52-21-25-56(74)26-22-52/h17-30,44,49,58,62,67,78,88H,7-16,31-43,45-48H2,1-6H3,(H,79,92)(H,81,89)(H,82,91)/t58-,62+,67-/m1/s1. The second-order valence-corrected chi connectivity index (χ2v) is 33.6. The number of thiazole rings is 1. The molecule has 1 aliphatic carbocycles. The monoisotopic (exact) mass is 1460 g/mol. The summed E-state index contributed by atoms with van der Waals surface area (Å²) in [6, 6.07) is 22.7. The number of nitrogens with one attached hydrogen (secondary N) is 4. The van der Waals surface area contributed by atoms with E-state index in [0.717, 1.165) is 117 Å². The highest BCUT2D eigenvalue weighted by molar-refractivity contribution is 7.92. The molecule has 5 amide bonds. The molecule has 1 aromatic heterocycles. The Morgan fingerprint density at radius 1 is 0.770 bits per heavy atom. The molecule has 5 aromatic rings. The molecular weight excluding hydrogens is 1370 g/mol. The number of anilines is 2. The number of rotatable bonds is 29. The van der Waals surface area contributed by atoms with Gasteiger partial charge >= 0.3 is 5.51 Å². The Morgan fingerprint density at radius 3 is 2.03 bits per heavy atom. The van der Waals surface area contributed by atoms with Gasteiger partial charge in [0.15, 0.2) is 0 Å². The maximum atomic E-state index is 14.1. The van der Waals surface area contributed by atoms with Gasteiger partial charge in [0.2, 0.25) is 23.6 Å². The first-order valence-corrected chi connectivity index (χ1v) is 38.9. The SMILES string of the molecule is Cc1ncsc1-c1ccc(CNC(=O)[C@@H]2C[C@@H](O)CN2C(=O)[C@@H](NC(=O)CCCCCCCCCC(=O)N2CCN(CCCNc3ccc(S(=O)(=O)NC(=O)c4ccc(N5CCN(CC6=C(c7ccc(Cl)cc7)CCC(C)(C)C6)CC5)cc4)cc3S(=O)(=O)C(F)(F)F)CC2)C(C)(C)C)cc1. The molecule has 27 heteroatoms. The van der Waals surface area contributed by atoms with Crippen LogP contribution in [0.15, 0.2) is 112 Å². The van der Waals surface area contributed by atoms with Crippen LogP contribution in [0.5, 0.6) is 0 Å². The summed E-state index contributed by atoms with van der Waals surface area (Å²) in [6.45, 7) is 18.9. The van der Waals surface area contributed by atoms with Gasteiger partial charge in [0.25, 0.3) is 25.8 Å². The van der Waals surface area contributed by atoms with Gasteiger partial charge in [-0.2, -0.15) is 13.2 Å². The average molecular weight is 1460 g/mol. The van der Waals surface area contributed by atoms with Crippen molar-refractivity contribution >= 4 is 89.3 Å². The molecule has 0 radical (unpaired) electrons. The zero-order valence-corrected chi connectivity index (χ0v) is 61.3. The lowest BCUT2D eigenvalue weighted by Gasteiger charge is -2.39. The fourth-order valence-corrected chi connectivity index (χ4v) is 16.6. The zero-order chi connectivity index (χ0) is 72.2. The summed E-state index contributed by atoms with van der Waals surface area (Å²) in [5, 5.41) is 20.0. The first-order valence-electron chi connectivity index (χ1n) is 34.7. The predicted molar refractivity (Wildman–Crippen MR) is 385 cm³/mol. The normalized spacial score (nSPS) is 18.4. The summed E-state index contributed by atoms with van der Waals surface area (Å²) in [7, 11) is -10.9. The van der Waals surface area contributed by atoms with E-state index in [2.05, 4.69) is 61.6 Å². The maximum Gasteiger partial charge on any atom is 0.501 e. The van der Waals surface area contributed by atoms with E-state index in [9.17, 15) is 59.1 Å². The van der Waals surface area contributed by atoms with Gasteiger partial charge in [-0.3, -0.25) is 33.8 Å². The smallest absolute Gasteiger partial charge is 0.391 e. The molecule has 0 saturated carbocycles. The number of β-amino-alcohol motifs (C(OH)–C–C–N with tert-alkyl or cyclic N) is 1. The van der Waals surface area contributed by atoms with Gasteiger partial charge in [-0.15, -0.1) is 11.3 Å². The highest BCUT2D eigenvalue weighted by Gasteiger charge is 2.49. The molecule has 0 unspecified atom stereocenters. The second kappa shape index (κ2) is 33.9. The summed E-state index contributed by atoms with van der Waals surface area (Å²) >= 11 is 7.77. The van der Waals surface area contributed by atoms with Gasteiger partial charge in [-0.05, 0) is 140 Å². The molecule has 0 spiro atoms. The fourth-order valence-electron chi connectivity index (χ4n) is 13.6. The van der Waals surface area contributed by atoms with Crippen LogP contribution in [0.25, 0.3) is 16.0 Å². The fraction of sp³-hybridized carbons (Fsp3) is 0.534. The van der Waals surface area contributed by atoms with Gasteiger partial charge in [0.1, 0.15) is 17.0 Å². The van der Waals surface area contributed by atoms with E-state index in [4.69, 9.17) is 11.6 Å². The lowest BCUT2D eigenvalue weighted by Crippen LogP contribution is -2.57. The van der Waals surface area contributed by atoms with Gasteiger partial charge in [0, 0.05) is 114 Å². The van der Waals surface area contributed by atoms with Crippen molar-refractivity contribution in [2.75, 3.05) is 88.8 Å². The molecular formula is C73H96ClF3N10O10S3. The van der Waals surface area contributed by atoms with E-state index in [1.807, 2.05) is 73.7 Å². The predicted octanol–water partition coefficient (Wildman–Crippen LogP) is 11.2. The van der Waals surface area contributed by atoms with Gasteiger partial charge in [-0.1, -0.05) is 120 Å². The van der Waals surface area contributed by atoms with Crippen molar-refractivity contribution in [3.05, 3.63) is 129 Å². The average Bonchev–Trinajstić information content (AvgIpc) is 0.957. The number of aliphatic hydroxyl groups is 1. The number of halogens is 4. The van der Waals surface area contributed by atoms with Crippen molar-refractivity contribution in [3.8, 4) is 10.4 Å². The third-order valence-corrected chi connectivity index (χ3v) is 23.5. The van der Waals surface area contributed by atoms with Crippen molar-refractivity contribution in [2.24, 2.45) is 10.8 Å². The highest BCUT2D eigenvalue weighted by Crippen LogP contribution is 2.43. The third kappa shape index (κ3) is 20.7. The summed E-state index contributed by atoms with van der Waals surface area (Å²) in [5.41, 5.74) is 2.78. The number of likely N-dealkylation sites (tertiary alicyclic amines) is 1. The van der Waals surface area contributed by atoms with E-state index in [-0.39, 0.29) is 61.2 Å². The third-order valence-electron chi connectivity index (χ3n) is 19.4. The van der Waals surface area contributed by atoms with E-state index >= 15 is 0 Å². The van der Waals surface area contributed by atoms with Crippen LogP contribution in [0.4, 0.5) is 24.5 Å². The van der Waals surface area contributed by atoms with Crippen LogP contribution < -0.4 is 25.6 Å². The van der Waals surface area contributed by atoms with E-state index < -0.39 is 76.3 Å². The number of unbranched alkanes of at least 4 members (excludes halogenated alkanes) is 6. The van der Waals surface area contributed by atoms with E-state index in [1.165, 1.54) is 33.7 Å². The number of allylic oxidation sites excluding steroid dienone is 1. The maximum absolute atomic E-state index is 14.1.